The number of hydrogen-bond donors (Lipinski definition) is 1. The normalized spacial score (nSPS) is 11.5. The number of hydrogen-bond acceptors (Lipinski definition) is 4. The molecule has 2 rings (SSSR count). The van der Waals surface area contributed by atoms with Crippen LogP contribution in [0.15, 0.2) is 47.4 Å². The highest BCUT2D eigenvalue weighted by Crippen LogP contribution is 2.23. The molecule has 0 aliphatic carbocycles. The molecule has 0 radical (unpaired) electrons. The number of sulfonamides is 1. The van der Waals surface area contributed by atoms with Crippen LogP contribution in [0.2, 0.25) is 0 Å². The summed E-state index contributed by atoms with van der Waals surface area (Å²) in [6.45, 7) is 4.29. The van der Waals surface area contributed by atoms with Crippen LogP contribution >= 0.6 is 0 Å². The van der Waals surface area contributed by atoms with E-state index in [9.17, 15) is 8.42 Å². The van der Waals surface area contributed by atoms with Gasteiger partial charge in [-0.25, -0.2) is 13.1 Å². The number of benzene rings is 2. The van der Waals surface area contributed by atoms with E-state index >= 15 is 0 Å². The molecule has 0 aromatic heterocycles. The fraction of sp³-hybridized carbons (Fsp3) is 0.333. The molecule has 0 aliphatic rings. The zero-order valence-electron chi connectivity index (χ0n) is 14.4. The molecular formula is C18H23NO4S. The molecule has 2 aromatic carbocycles. The van der Waals surface area contributed by atoms with Crippen LogP contribution in [0.3, 0.4) is 0 Å². The van der Waals surface area contributed by atoms with Crippen molar-refractivity contribution < 1.29 is 17.9 Å². The van der Waals surface area contributed by atoms with Crippen LogP contribution in [0.25, 0.3) is 0 Å². The van der Waals surface area contributed by atoms with Crippen LogP contribution < -0.4 is 14.2 Å². The van der Waals surface area contributed by atoms with E-state index in [1.807, 2.05) is 12.1 Å². The lowest BCUT2D eigenvalue weighted by Crippen LogP contribution is -2.23. The Morgan fingerprint density at radius 2 is 1.50 bits per heavy atom. The molecule has 0 amide bonds. The van der Waals surface area contributed by atoms with Gasteiger partial charge in [-0.15, -0.1) is 0 Å². The quantitative estimate of drug-likeness (QED) is 0.833. The van der Waals surface area contributed by atoms with Crippen molar-refractivity contribution >= 4 is 10.0 Å². The zero-order chi connectivity index (χ0) is 17.7. The van der Waals surface area contributed by atoms with Crippen molar-refractivity contribution in [1.82, 2.24) is 4.72 Å². The largest absolute Gasteiger partial charge is 0.497 e. The van der Waals surface area contributed by atoms with Gasteiger partial charge in [0, 0.05) is 12.6 Å². The number of rotatable bonds is 7. The third-order valence-corrected chi connectivity index (χ3v) is 5.15. The first-order valence-corrected chi connectivity index (χ1v) is 9.15. The van der Waals surface area contributed by atoms with E-state index in [-0.39, 0.29) is 11.4 Å². The van der Waals surface area contributed by atoms with E-state index in [4.69, 9.17) is 9.47 Å². The highest BCUT2D eigenvalue weighted by atomic mass is 32.2. The summed E-state index contributed by atoms with van der Waals surface area (Å²) in [6, 6.07) is 12.2. The monoisotopic (exact) mass is 349 g/mol. The smallest absolute Gasteiger partial charge is 0.240 e. The Bertz CT molecular complexity index is 761. The standard InChI is InChI=1S/C18H23NO4S/c1-13(2)15-5-7-18(8-6-15)24(20,21)19-12-14-9-16(22-3)11-17(10-14)23-4/h5-11,13,19H,12H2,1-4H3. The average Bonchev–Trinajstić information content (AvgIpc) is 2.59. The van der Waals surface area contributed by atoms with Crippen LogP contribution in [-0.2, 0) is 16.6 Å². The lowest BCUT2D eigenvalue weighted by atomic mass is 10.0. The second-order valence-corrected chi connectivity index (χ2v) is 7.54. The lowest BCUT2D eigenvalue weighted by Gasteiger charge is -2.11. The summed E-state index contributed by atoms with van der Waals surface area (Å²) in [6.07, 6.45) is 0. The second-order valence-electron chi connectivity index (χ2n) is 5.77. The molecule has 2 aromatic rings. The molecule has 5 nitrogen and oxygen atoms in total. The van der Waals surface area contributed by atoms with E-state index in [0.717, 1.165) is 11.1 Å². The van der Waals surface area contributed by atoms with Gasteiger partial charge in [0.15, 0.2) is 0 Å². The summed E-state index contributed by atoms with van der Waals surface area (Å²) in [4.78, 5) is 0.252. The van der Waals surface area contributed by atoms with E-state index in [1.165, 1.54) is 0 Å². The summed E-state index contributed by atoms with van der Waals surface area (Å²) in [7, 11) is -0.463. The maximum absolute atomic E-state index is 12.4. The SMILES string of the molecule is COc1cc(CNS(=O)(=O)c2ccc(C(C)C)cc2)cc(OC)c1. The molecule has 0 atom stereocenters. The van der Waals surface area contributed by atoms with Gasteiger partial charge in [-0.1, -0.05) is 26.0 Å². The van der Waals surface area contributed by atoms with Gasteiger partial charge in [0.1, 0.15) is 11.5 Å². The highest BCUT2D eigenvalue weighted by molar-refractivity contribution is 7.89. The third-order valence-electron chi connectivity index (χ3n) is 3.73. The lowest BCUT2D eigenvalue weighted by molar-refractivity contribution is 0.393. The fourth-order valence-corrected chi connectivity index (χ4v) is 3.28. The van der Waals surface area contributed by atoms with Crippen LogP contribution in [0.5, 0.6) is 11.5 Å². The van der Waals surface area contributed by atoms with Crippen LogP contribution in [0.1, 0.15) is 30.9 Å². The molecule has 130 valence electrons. The Balaban J connectivity index is 2.15. The van der Waals surface area contributed by atoms with Gasteiger partial charge in [-0.2, -0.15) is 0 Å². The Hall–Kier alpha value is -2.05. The fourth-order valence-electron chi connectivity index (χ4n) is 2.26. The molecule has 0 saturated heterocycles. The highest BCUT2D eigenvalue weighted by Gasteiger charge is 2.14. The van der Waals surface area contributed by atoms with Gasteiger partial charge in [-0.05, 0) is 41.3 Å². The molecule has 0 heterocycles. The maximum Gasteiger partial charge on any atom is 0.240 e. The molecule has 0 unspecified atom stereocenters. The first-order chi connectivity index (χ1) is 11.4. The van der Waals surface area contributed by atoms with Crippen molar-refractivity contribution in [2.24, 2.45) is 0 Å². The summed E-state index contributed by atoms with van der Waals surface area (Å²) in [5.74, 6) is 1.59. The van der Waals surface area contributed by atoms with Crippen molar-refractivity contribution in [2.45, 2.75) is 31.2 Å². The minimum atomic E-state index is -3.57. The van der Waals surface area contributed by atoms with Gasteiger partial charge in [0.05, 0.1) is 19.1 Å². The van der Waals surface area contributed by atoms with E-state index in [1.54, 1.807) is 44.6 Å². The molecule has 1 N–H and O–H groups in total. The molecule has 0 fully saturated rings. The minimum Gasteiger partial charge on any atom is -0.497 e. The van der Waals surface area contributed by atoms with Gasteiger partial charge in [0.2, 0.25) is 10.0 Å². The summed E-state index contributed by atoms with van der Waals surface area (Å²) in [5, 5.41) is 0. The molecule has 6 heteroatoms. The number of methoxy groups -OCH3 is 2. The molecule has 0 aliphatic heterocycles. The first kappa shape index (κ1) is 18.3. The van der Waals surface area contributed by atoms with Crippen molar-refractivity contribution in [3.63, 3.8) is 0 Å². The average molecular weight is 349 g/mol. The van der Waals surface area contributed by atoms with Crippen molar-refractivity contribution in [1.29, 1.82) is 0 Å². The summed E-state index contributed by atoms with van der Waals surface area (Å²) >= 11 is 0. The van der Waals surface area contributed by atoms with Crippen molar-refractivity contribution in [3.8, 4) is 11.5 Å². The summed E-state index contributed by atoms with van der Waals surface area (Å²) < 4.78 is 37.8. The molecule has 0 bridgehead atoms. The van der Waals surface area contributed by atoms with Crippen molar-refractivity contribution in [2.75, 3.05) is 14.2 Å². The zero-order valence-corrected chi connectivity index (χ0v) is 15.2. The maximum atomic E-state index is 12.4. The number of nitrogens with one attached hydrogen (secondary N) is 1. The van der Waals surface area contributed by atoms with E-state index < -0.39 is 10.0 Å². The van der Waals surface area contributed by atoms with Crippen molar-refractivity contribution in [3.05, 3.63) is 53.6 Å². The van der Waals surface area contributed by atoms with Gasteiger partial charge in [-0.3, -0.25) is 0 Å². The molecular weight excluding hydrogens is 326 g/mol. The van der Waals surface area contributed by atoms with E-state index in [2.05, 4.69) is 18.6 Å². The Morgan fingerprint density at radius 1 is 0.958 bits per heavy atom. The van der Waals surface area contributed by atoms with Crippen LogP contribution in [0.4, 0.5) is 0 Å². The third kappa shape index (κ3) is 4.49. The van der Waals surface area contributed by atoms with Crippen LogP contribution in [0, 0.1) is 0 Å². The van der Waals surface area contributed by atoms with Gasteiger partial charge in [0.25, 0.3) is 0 Å². The first-order valence-electron chi connectivity index (χ1n) is 7.67. The number of ether oxygens (including phenoxy) is 2. The molecule has 0 spiro atoms. The van der Waals surface area contributed by atoms with Crippen LogP contribution in [-0.4, -0.2) is 22.6 Å². The molecule has 0 saturated carbocycles. The van der Waals surface area contributed by atoms with E-state index in [0.29, 0.717) is 17.4 Å². The topological polar surface area (TPSA) is 64.6 Å². The Labute approximate surface area is 143 Å². The predicted molar refractivity (Wildman–Crippen MR) is 94.1 cm³/mol. The Morgan fingerprint density at radius 3 is 1.96 bits per heavy atom. The minimum absolute atomic E-state index is 0.155. The molecule has 24 heavy (non-hydrogen) atoms. The predicted octanol–water partition coefficient (Wildman–Crippen LogP) is 3.31. The summed E-state index contributed by atoms with van der Waals surface area (Å²) in [5.41, 5.74) is 1.86. The Kier molecular flexibility index (Phi) is 5.85. The van der Waals surface area contributed by atoms with Gasteiger partial charge >= 0.3 is 0 Å². The van der Waals surface area contributed by atoms with Gasteiger partial charge < -0.3 is 9.47 Å². The second kappa shape index (κ2) is 7.68.